The number of hydrogen-bond donors (Lipinski definition) is 4. The predicted molar refractivity (Wildman–Crippen MR) is 118 cm³/mol. The standard InChI is InChI=1S/C22H26N6O2/c1-13-6-7-17(29)14(2)20(13)28-21(23)18(22(24)30)19(26-28)15-4-3-5-16(12-15)27-10-8-25-9-11-27/h3-7,12,25,29H,8-11,23H2,1-2H3,(H2,24,30). The Hall–Kier alpha value is -3.52. The molecule has 6 N–H and O–H groups in total. The summed E-state index contributed by atoms with van der Waals surface area (Å²) in [6.07, 6.45) is 0. The van der Waals surface area contributed by atoms with E-state index in [4.69, 9.17) is 11.5 Å². The van der Waals surface area contributed by atoms with Crippen molar-refractivity contribution in [3.63, 3.8) is 0 Å². The van der Waals surface area contributed by atoms with Gasteiger partial charge in [-0.15, -0.1) is 0 Å². The van der Waals surface area contributed by atoms with Gasteiger partial charge in [0.15, 0.2) is 0 Å². The zero-order valence-electron chi connectivity index (χ0n) is 17.1. The third kappa shape index (κ3) is 3.35. The molecular weight excluding hydrogens is 380 g/mol. The quantitative estimate of drug-likeness (QED) is 0.525. The normalized spacial score (nSPS) is 14.1. The zero-order chi connectivity index (χ0) is 21.4. The third-order valence-corrected chi connectivity index (χ3v) is 5.59. The molecule has 0 radical (unpaired) electrons. The molecule has 1 saturated heterocycles. The van der Waals surface area contributed by atoms with Gasteiger partial charge in [0.25, 0.3) is 5.91 Å². The number of phenolic OH excluding ortho intramolecular Hbond substituents is 1. The van der Waals surface area contributed by atoms with E-state index in [1.807, 2.05) is 31.2 Å². The van der Waals surface area contributed by atoms with Gasteiger partial charge in [0.05, 0.1) is 5.69 Å². The van der Waals surface area contributed by atoms with Gasteiger partial charge in [-0.3, -0.25) is 4.79 Å². The monoisotopic (exact) mass is 406 g/mol. The van der Waals surface area contributed by atoms with Crippen LogP contribution in [-0.4, -0.2) is 47.0 Å². The van der Waals surface area contributed by atoms with Crippen molar-refractivity contribution < 1.29 is 9.90 Å². The van der Waals surface area contributed by atoms with Crippen LogP contribution in [0.1, 0.15) is 21.5 Å². The fourth-order valence-electron chi connectivity index (χ4n) is 3.97. The van der Waals surface area contributed by atoms with Gasteiger partial charge < -0.3 is 26.8 Å². The van der Waals surface area contributed by atoms with Crippen molar-refractivity contribution in [2.24, 2.45) is 5.73 Å². The number of phenols is 1. The summed E-state index contributed by atoms with van der Waals surface area (Å²) in [6.45, 7) is 7.35. The smallest absolute Gasteiger partial charge is 0.254 e. The van der Waals surface area contributed by atoms with Gasteiger partial charge in [-0.05, 0) is 37.6 Å². The number of nitrogens with two attached hydrogens (primary N) is 2. The molecular formula is C22H26N6O2. The lowest BCUT2D eigenvalue weighted by molar-refractivity contribution is 0.100. The van der Waals surface area contributed by atoms with Crippen molar-refractivity contribution in [3.8, 4) is 22.7 Å². The van der Waals surface area contributed by atoms with Gasteiger partial charge in [-0.2, -0.15) is 5.10 Å². The summed E-state index contributed by atoms with van der Waals surface area (Å²) in [4.78, 5) is 14.6. The van der Waals surface area contributed by atoms with Crippen molar-refractivity contribution in [2.45, 2.75) is 13.8 Å². The van der Waals surface area contributed by atoms with Crippen LogP contribution in [-0.2, 0) is 0 Å². The van der Waals surface area contributed by atoms with E-state index in [0.717, 1.165) is 43.0 Å². The van der Waals surface area contributed by atoms with Crippen LogP contribution in [0.4, 0.5) is 11.5 Å². The van der Waals surface area contributed by atoms with Crippen molar-refractivity contribution in [2.75, 3.05) is 36.8 Å². The molecule has 2 aromatic carbocycles. The molecule has 0 unspecified atom stereocenters. The molecule has 1 amide bonds. The molecule has 1 aliphatic rings. The number of hydrogen-bond acceptors (Lipinski definition) is 6. The maximum Gasteiger partial charge on any atom is 0.254 e. The SMILES string of the molecule is Cc1ccc(O)c(C)c1-n1nc(-c2cccc(N3CCNCC3)c2)c(C(N)=O)c1N. The Morgan fingerprint density at radius 2 is 1.90 bits per heavy atom. The number of aryl methyl sites for hydroxylation is 1. The molecule has 3 aromatic rings. The summed E-state index contributed by atoms with van der Waals surface area (Å²) >= 11 is 0. The van der Waals surface area contributed by atoms with E-state index in [2.05, 4.69) is 15.3 Å². The molecule has 1 aromatic heterocycles. The van der Waals surface area contributed by atoms with E-state index in [0.29, 0.717) is 16.9 Å². The van der Waals surface area contributed by atoms with Gasteiger partial charge in [-0.25, -0.2) is 4.68 Å². The van der Waals surface area contributed by atoms with Crippen molar-refractivity contribution >= 4 is 17.4 Å². The van der Waals surface area contributed by atoms with E-state index >= 15 is 0 Å². The molecule has 30 heavy (non-hydrogen) atoms. The number of carbonyl (C=O) groups is 1. The van der Waals surface area contributed by atoms with E-state index in [9.17, 15) is 9.90 Å². The molecule has 156 valence electrons. The number of amides is 1. The summed E-state index contributed by atoms with van der Waals surface area (Å²) in [5.74, 6) is -0.355. The number of piperazine rings is 1. The molecule has 0 saturated carbocycles. The number of nitrogens with zero attached hydrogens (tertiary/aromatic N) is 3. The van der Waals surface area contributed by atoms with E-state index in [1.165, 1.54) is 4.68 Å². The van der Waals surface area contributed by atoms with Crippen LogP contribution in [0.5, 0.6) is 5.75 Å². The minimum Gasteiger partial charge on any atom is -0.508 e. The lowest BCUT2D eigenvalue weighted by Crippen LogP contribution is -2.43. The molecule has 1 fully saturated rings. The number of aromatic nitrogens is 2. The topological polar surface area (TPSA) is 122 Å². The summed E-state index contributed by atoms with van der Waals surface area (Å²) in [5.41, 5.74) is 16.6. The van der Waals surface area contributed by atoms with Crippen LogP contribution < -0.4 is 21.7 Å². The minimum absolute atomic E-state index is 0.133. The maximum atomic E-state index is 12.3. The Morgan fingerprint density at radius 3 is 2.60 bits per heavy atom. The first-order valence-corrected chi connectivity index (χ1v) is 9.92. The Kier molecular flexibility index (Phi) is 5.09. The average Bonchev–Trinajstić information content (AvgIpc) is 3.09. The van der Waals surface area contributed by atoms with E-state index in [-0.39, 0.29) is 17.1 Å². The largest absolute Gasteiger partial charge is 0.508 e. The van der Waals surface area contributed by atoms with Crippen LogP contribution in [0.25, 0.3) is 16.9 Å². The number of primary amides is 1. The second-order valence-corrected chi connectivity index (χ2v) is 7.55. The fraction of sp³-hybridized carbons (Fsp3) is 0.273. The minimum atomic E-state index is -0.642. The van der Waals surface area contributed by atoms with Gasteiger partial charge in [0.2, 0.25) is 0 Å². The van der Waals surface area contributed by atoms with Crippen LogP contribution >= 0.6 is 0 Å². The zero-order valence-corrected chi connectivity index (χ0v) is 17.1. The summed E-state index contributed by atoms with van der Waals surface area (Å²) in [7, 11) is 0. The summed E-state index contributed by atoms with van der Waals surface area (Å²) in [6, 6.07) is 11.3. The predicted octanol–water partition coefficient (Wildman–Crippen LogP) is 1.95. The van der Waals surface area contributed by atoms with Crippen molar-refractivity contribution in [3.05, 3.63) is 53.1 Å². The number of anilines is 2. The maximum absolute atomic E-state index is 12.3. The van der Waals surface area contributed by atoms with Crippen LogP contribution in [0.15, 0.2) is 36.4 Å². The highest BCUT2D eigenvalue weighted by Gasteiger charge is 2.25. The highest BCUT2D eigenvalue weighted by molar-refractivity contribution is 6.03. The molecule has 0 atom stereocenters. The Morgan fingerprint density at radius 1 is 1.17 bits per heavy atom. The summed E-state index contributed by atoms with van der Waals surface area (Å²) < 4.78 is 1.50. The Balaban J connectivity index is 1.87. The van der Waals surface area contributed by atoms with E-state index in [1.54, 1.807) is 19.1 Å². The van der Waals surface area contributed by atoms with Crippen LogP contribution in [0.3, 0.4) is 0 Å². The molecule has 4 rings (SSSR count). The number of rotatable bonds is 4. The van der Waals surface area contributed by atoms with Gasteiger partial charge >= 0.3 is 0 Å². The molecule has 8 nitrogen and oxygen atoms in total. The van der Waals surface area contributed by atoms with Gasteiger partial charge in [0, 0.05) is 43.0 Å². The first kappa shape index (κ1) is 19.8. The molecule has 0 bridgehead atoms. The molecule has 0 spiro atoms. The summed E-state index contributed by atoms with van der Waals surface area (Å²) in [5, 5.41) is 18.2. The number of benzene rings is 2. The van der Waals surface area contributed by atoms with Crippen molar-refractivity contribution in [1.29, 1.82) is 0 Å². The molecule has 0 aliphatic carbocycles. The second-order valence-electron chi connectivity index (χ2n) is 7.55. The number of aromatic hydroxyl groups is 1. The Labute approximate surface area is 175 Å². The average molecular weight is 406 g/mol. The first-order valence-electron chi connectivity index (χ1n) is 9.92. The third-order valence-electron chi connectivity index (χ3n) is 5.59. The van der Waals surface area contributed by atoms with E-state index < -0.39 is 5.91 Å². The van der Waals surface area contributed by atoms with Crippen molar-refractivity contribution in [1.82, 2.24) is 15.1 Å². The number of nitrogen functional groups attached to an aromatic ring is 1. The van der Waals surface area contributed by atoms with Crippen LogP contribution in [0, 0.1) is 13.8 Å². The molecule has 2 heterocycles. The Bertz CT molecular complexity index is 1120. The number of carbonyl (C=O) groups excluding carboxylic acids is 1. The van der Waals surface area contributed by atoms with Gasteiger partial charge in [0.1, 0.15) is 22.8 Å². The second kappa shape index (κ2) is 7.72. The highest BCUT2D eigenvalue weighted by atomic mass is 16.3. The molecule has 8 heteroatoms. The molecule has 1 aliphatic heterocycles. The lowest BCUT2D eigenvalue weighted by atomic mass is 10.1. The fourth-order valence-corrected chi connectivity index (χ4v) is 3.97. The van der Waals surface area contributed by atoms with Crippen LogP contribution in [0.2, 0.25) is 0 Å². The van der Waals surface area contributed by atoms with Gasteiger partial charge in [-0.1, -0.05) is 18.2 Å². The first-order chi connectivity index (χ1) is 14.4. The lowest BCUT2D eigenvalue weighted by Gasteiger charge is -2.29. The number of nitrogens with one attached hydrogen (secondary N) is 1. The highest BCUT2D eigenvalue weighted by Crippen LogP contribution is 2.34.